The molecule has 1 aliphatic heterocycles. The molecule has 1 fully saturated rings. The molecule has 2 amide bonds. The van der Waals surface area contributed by atoms with Gasteiger partial charge in [0.15, 0.2) is 0 Å². The Morgan fingerprint density at radius 2 is 2.27 bits per heavy atom. The normalized spacial score (nSPS) is 18.8. The third kappa shape index (κ3) is 4.24. The van der Waals surface area contributed by atoms with Crippen LogP contribution in [0, 0.1) is 12.8 Å². The van der Waals surface area contributed by atoms with Crippen LogP contribution in [-0.4, -0.2) is 39.6 Å². The average Bonchev–Trinajstić information content (AvgIpc) is 2.80. The number of piperidine rings is 1. The number of hydrogen-bond donors (Lipinski definition) is 1. The first-order chi connectivity index (χ1) is 10.5. The van der Waals surface area contributed by atoms with Gasteiger partial charge in [-0.05, 0) is 46.0 Å². The van der Waals surface area contributed by atoms with E-state index in [1.54, 1.807) is 0 Å². The summed E-state index contributed by atoms with van der Waals surface area (Å²) in [6, 6.07) is 0.270. The highest BCUT2D eigenvalue weighted by Crippen LogP contribution is 2.21. The maximum absolute atomic E-state index is 12.2. The Labute approximate surface area is 134 Å². The number of carbonyl (C=O) groups is 1. The number of aryl methyl sites for hydroxylation is 1. The highest BCUT2D eigenvalue weighted by Gasteiger charge is 2.25. The summed E-state index contributed by atoms with van der Waals surface area (Å²) in [4.78, 5) is 18.7. The number of amides is 2. The molecule has 0 bridgehead atoms. The van der Waals surface area contributed by atoms with Gasteiger partial charge in [0.25, 0.3) is 0 Å². The summed E-state index contributed by atoms with van der Waals surface area (Å²) < 4.78 is 2.33. The minimum atomic E-state index is 0.0766. The van der Waals surface area contributed by atoms with E-state index < -0.39 is 0 Å². The molecular weight excluding hydrogens is 276 g/mol. The van der Waals surface area contributed by atoms with Crippen molar-refractivity contribution in [2.75, 3.05) is 13.1 Å². The van der Waals surface area contributed by atoms with E-state index in [0.29, 0.717) is 5.92 Å². The zero-order valence-corrected chi connectivity index (χ0v) is 14.4. The fourth-order valence-electron chi connectivity index (χ4n) is 3.22. The number of likely N-dealkylation sites (tertiary alicyclic amines) is 1. The van der Waals surface area contributed by atoms with Crippen molar-refractivity contribution in [1.82, 2.24) is 19.8 Å². The Kier molecular flexibility index (Phi) is 5.86. The maximum Gasteiger partial charge on any atom is 0.317 e. The fourth-order valence-corrected chi connectivity index (χ4v) is 3.22. The molecule has 0 radical (unpaired) electrons. The molecule has 1 unspecified atom stereocenters. The molecule has 5 heteroatoms. The van der Waals surface area contributed by atoms with Gasteiger partial charge in [-0.25, -0.2) is 9.78 Å². The lowest BCUT2D eigenvalue weighted by atomic mass is 9.94. The van der Waals surface area contributed by atoms with Crippen LogP contribution >= 0.6 is 0 Å². The van der Waals surface area contributed by atoms with Crippen LogP contribution in [0.25, 0.3) is 0 Å². The van der Waals surface area contributed by atoms with Crippen LogP contribution in [0.1, 0.15) is 51.6 Å². The van der Waals surface area contributed by atoms with E-state index in [2.05, 4.69) is 28.7 Å². The quantitative estimate of drug-likeness (QED) is 0.909. The zero-order chi connectivity index (χ0) is 16.1. The number of nitrogens with one attached hydrogen (secondary N) is 1. The van der Waals surface area contributed by atoms with E-state index in [0.717, 1.165) is 38.9 Å². The Balaban J connectivity index is 1.97. The summed E-state index contributed by atoms with van der Waals surface area (Å²) in [7, 11) is 0. The molecule has 2 heterocycles. The molecule has 0 spiro atoms. The minimum absolute atomic E-state index is 0.0766. The van der Waals surface area contributed by atoms with E-state index in [-0.39, 0.29) is 12.1 Å². The predicted molar refractivity (Wildman–Crippen MR) is 88.9 cm³/mol. The Morgan fingerprint density at radius 3 is 2.95 bits per heavy atom. The first-order valence-corrected chi connectivity index (χ1v) is 8.57. The lowest BCUT2D eigenvalue weighted by Crippen LogP contribution is -2.47. The summed E-state index contributed by atoms with van der Waals surface area (Å²) in [5, 5.41) is 3.00. The topological polar surface area (TPSA) is 50.2 Å². The summed E-state index contributed by atoms with van der Waals surface area (Å²) in [5.74, 6) is 1.69. The zero-order valence-electron chi connectivity index (χ0n) is 14.4. The molecule has 22 heavy (non-hydrogen) atoms. The molecular formula is C17H30N4O. The predicted octanol–water partition coefficient (Wildman–Crippen LogP) is 2.97. The second-order valence-corrected chi connectivity index (χ2v) is 6.73. The number of rotatable bonds is 5. The molecule has 0 saturated carbocycles. The summed E-state index contributed by atoms with van der Waals surface area (Å²) in [6.07, 6.45) is 6.33. The highest BCUT2D eigenvalue weighted by molar-refractivity contribution is 5.74. The molecule has 1 aromatic rings. The summed E-state index contributed by atoms with van der Waals surface area (Å²) in [5.41, 5.74) is 1.24. The van der Waals surface area contributed by atoms with Crippen molar-refractivity contribution in [2.24, 2.45) is 5.92 Å². The van der Waals surface area contributed by atoms with E-state index in [1.807, 2.05) is 24.9 Å². The van der Waals surface area contributed by atoms with Gasteiger partial charge in [-0.1, -0.05) is 6.92 Å². The number of aromatic nitrogens is 2. The number of urea groups is 1. The standard InChI is InChI=1S/C17H30N4O/c1-5-8-21-14(4)11-18-16(21)10-15-7-6-9-20(12-15)17(22)19-13(2)3/h11,13,15H,5-10,12H2,1-4H3,(H,19,22). The van der Waals surface area contributed by atoms with Crippen molar-refractivity contribution in [3.05, 3.63) is 17.7 Å². The molecule has 1 aromatic heterocycles. The van der Waals surface area contributed by atoms with Crippen LogP contribution in [0.5, 0.6) is 0 Å². The second kappa shape index (κ2) is 7.65. The van der Waals surface area contributed by atoms with Gasteiger partial charge < -0.3 is 14.8 Å². The van der Waals surface area contributed by atoms with Crippen molar-refractivity contribution < 1.29 is 4.79 Å². The van der Waals surface area contributed by atoms with E-state index in [9.17, 15) is 4.79 Å². The highest BCUT2D eigenvalue weighted by atomic mass is 16.2. The van der Waals surface area contributed by atoms with Gasteiger partial charge in [0, 0.05) is 44.0 Å². The van der Waals surface area contributed by atoms with Crippen LogP contribution in [-0.2, 0) is 13.0 Å². The fraction of sp³-hybridized carbons (Fsp3) is 0.765. The van der Waals surface area contributed by atoms with Gasteiger partial charge in [-0.15, -0.1) is 0 Å². The van der Waals surface area contributed by atoms with Crippen molar-refractivity contribution in [2.45, 2.75) is 66.0 Å². The Hall–Kier alpha value is -1.52. The Morgan fingerprint density at radius 1 is 1.50 bits per heavy atom. The van der Waals surface area contributed by atoms with Gasteiger partial charge in [-0.3, -0.25) is 0 Å². The van der Waals surface area contributed by atoms with Gasteiger partial charge in [-0.2, -0.15) is 0 Å². The van der Waals surface area contributed by atoms with Gasteiger partial charge >= 0.3 is 6.03 Å². The lowest BCUT2D eigenvalue weighted by Gasteiger charge is -2.33. The molecule has 1 N–H and O–H groups in total. The largest absolute Gasteiger partial charge is 0.336 e. The second-order valence-electron chi connectivity index (χ2n) is 6.73. The monoisotopic (exact) mass is 306 g/mol. The smallest absolute Gasteiger partial charge is 0.317 e. The molecule has 2 rings (SSSR count). The van der Waals surface area contributed by atoms with Crippen molar-refractivity contribution in [3.8, 4) is 0 Å². The summed E-state index contributed by atoms with van der Waals surface area (Å²) in [6.45, 7) is 11.1. The van der Waals surface area contributed by atoms with Crippen molar-refractivity contribution >= 4 is 6.03 Å². The van der Waals surface area contributed by atoms with Gasteiger partial charge in [0.1, 0.15) is 5.82 Å². The van der Waals surface area contributed by atoms with Crippen LogP contribution < -0.4 is 5.32 Å². The molecule has 124 valence electrons. The number of carbonyl (C=O) groups excluding carboxylic acids is 1. The molecule has 5 nitrogen and oxygen atoms in total. The van der Waals surface area contributed by atoms with E-state index in [1.165, 1.54) is 17.9 Å². The van der Waals surface area contributed by atoms with Crippen LogP contribution in [0.2, 0.25) is 0 Å². The first kappa shape index (κ1) is 16.8. The first-order valence-electron chi connectivity index (χ1n) is 8.57. The minimum Gasteiger partial charge on any atom is -0.336 e. The SMILES string of the molecule is CCCn1c(C)cnc1CC1CCCN(C(=O)NC(C)C)C1. The molecule has 1 aliphatic rings. The average molecular weight is 306 g/mol. The molecule has 1 atom stereocenters. The third-order valence-corrected chi connectivity index (χ3v) is 4.27. The number of hydrogen-bond acceptors (Lipinski definition) is 2. The number of nitrogens with zero attached hydrogens (tertiary/aromatic N) is 3. The van der Waals surface area contributed by atoms with Crippen molar-refractivity contribution in [1.29, 1.82) is 0 Å². The number of imidazole rings is 1. The third-order valence-electron chi connectivity index (χ3n) is 4.27. The van der Waals surface area contributed by atoms with Gasteiger partial charge in [0.05, 0.1) is 0 Å². The Bertz CT molecular complexity index is 495. The molecule has 0 aromatic carbocycles. The van der Waals surface area contributed by atoms with Gasteiger partial charge in [0.2, 0.25) is 0 Å². The molecule has 0 aliphatic carbocycles. The van der Waals surface area contributed by atoms with Crippen LogP contribution in [0.4, 0.5) is 4.79 Å². The summed E-state index contributed by atoms with van der Waals surface area (Å²) >= 11 is 0. The van der Waals surface area contributed by atoms with Crippen molar-refractivity contribution in [3.63, 3.8) is 0 Å². The maximum atomic E-state index is 12.2. The van der Waals surface area contributed by atoms with E-state index >= 15 is 0 Å². The van der Waals surface area contributed by atoms with Crippen LogP contribution in [0.3, 0.4) is 0 Å². The van der Waals surface area contributed by atoms with E-state index in [4.69, 9.17) is 0 Å². The lowest BCUT2D eigenvalue weighted by molar-refractivity contribution is 0.162. The van der Waals surface area contributed by atoms with Crippen LogP contribution in [0.15, 0.2) is 6.20 Å². The molecule has 1 saturated heterocycles.